The highest BCUT2D eigenvalue weighted by Crippen LogP contribution is 2.39. The topological polar surface area (TPSA) is 29.0 Å². The second-order valence-electron chi connectivity index (χ2n) is 5.43. The van der Waals surface area contributed by atoms with Crippen LogP contribution in [0.1, 0.15) is 57.2 Å². The smallest absolute Gasteiger partial charge is 0.135 e. The number of aromatic nitrogens is 2. The Morgan fingerprint density at radius 1 is 1.28 bits per heavy atom. The molecule has 1 atom stereocenters. The summed E-state index contributed by atoms with van der Waals surface area (Å²) in [5, 5.41) is 0.599. The lowest BCUT2D eigenvalue weighted by atomic mass is 10.0. The van der Waals surface area contributed by atoms with Crippen molar-refractivity contribution in [1.29, 1.82) is 0 Å². The van der Waals surface area contributed by atoms with E-state index in [0.717, 1.165) is 18.2 Å². The van der Waals surface area contributed by atoms with Crippen LogP contribution in [0.4, 0.5) is 5.82 Å². The molecule has 0 amide bonds. The van der Waals surface area contributed by atoms with Gasteiger partial charge in [-0.25, -0.2) is 9.97 Å². The van der Waals surface area contributed by atoms with Gasteiger partial charge in [0.1, 0.15) is 16.8 Å². The Kier molecular flexibility index (Phi) is 3.42. The van der Waals surface area contributed by atoms with Gasteiger partial charge in [-0.3, -0.25) is 0 Å². The van der Waals surface area contributed by atoms with E-state index in [1.54, 1.807) is 0 Å². The zero-order valence-corrected chi connectivity index (χ0v) is 11.7. The van der Waals surface area contributed by atoms with Gasteiger partial charge in [0.25, 0.3) is 0 Å². The molecule has 1 saturated heterocycles. The van der Waals surface area contributed by atoms with Crippen molar-refractivity contribution in [1.82, 2.24) is 9.97 Å². The Bertz CT molecular complexity index is 431. The van der Waals surface area contributed by atoms with Gasteiger partial charge < -0.3 is 4.90 Å². The van der Waals surface area contributed by atoms with Crippen LogP contribution in [0, 0.1) is 0 Å². The molecule has 4 heteroatoms. The van der Waals surface area contributed by atoms with Crippen molar-refractivity contribution >= 4 is 17.4 Å². The monoisotopic (exact) mass is 265 g/mol. The highest BCUT2D eigenvalue weighted by atomic mass is 35.5. The summed E-state index contributed by atoms with van der Waals surface area (Å²) in [6, 6.07) is 2.55. The zero-order valence-electron chi connectivity index (χ0n) is 10.9. The second kappa shape index (κ2) is 5.04. The van der Waals surface area contributed by atoms with Gasteiger partial charge in [0.15, 0.2) is 0 Å². The van der Waals surface area contributed by atoms with E-state index < -0.39 is 0 Å². The normalized spacial score (nSPS) is 24.3. The molecule has 2 aliphatic rings. The minimum atomic E-state index is 0.562. The first kappa shape index (κ1) is 12.2. The van der Waals surface area contributed by atoms with Crippen LogP contribution >= 0.6 is 11.6 Å². The molecule has 3 nitrogen and oxygen atoms in total. The highest BCUT2D eigenvalue weighted by Gasteiger charge is 2.29. The summed E-state index contributed by atoms with van der Waals surface area (Å²) in [5.74, 6) is 2.56. The third kappa shape index (κ3) is 2.46. The van der Waals surface area contributed by atoms with Gasteiger partial charge in [0.05, 0.1) is 0 Å². The minimum absolute atomic E-state index is 0.562. The van der Waals surface area contributed by atoms with Crippen molar-refractivity contribution < 1.29 is 0 Å². The van der Waals surface area contributed by atoms with Crippen LogP contribution in [0.15, 0.2) is 6.07 Å². The number of rotatable bonds is 3. The largest absolute Gasteiger partial charge is 0.353 e. The van der Waals surface area contributed by atoms with Crippen LogP contribution in [0.25, 0.3) is 0 Å². The first-order valence-electron chi connectivity index (χ1n) is 7.09. The fourth-order valence-electron chi connectivity index (χ4n) is 2.82. The molecule has 0 bridgehead atoms. The molecule has 0 radical (unpaired) electrons. The van der Waals surface area contributed by atoms with E-state index in [1.165, 1.54) is 38.5 Å². The van der Waals surface area contributed by atoms with Crippen LogP contribution in [-0.2, 0) is 0 Å². The number of anilines is 1. The Balaban J connectivity index is 1.89. The number of piperidine rings is 1. The highest BCUT2D eigenvalue weighted by molar-refractivity contribution is 6.29. The van der Waals surface area contributed by atoms with Crippen molar-refractivity contribution in [3.63, 3.8) is 0 Å². The number of hydrogen-bond acceptors (Lipinski definition) is 3. The quantitative estimate of drug-likeness (QED) is 0.779. The van der Waals surface area contributed by atoms with Gasteiger partial charge in [-0.2, -0.15) is 0 Å². The molecule has 0 aromatic carbocycles. The van der Waals surface area contributed by atoms with Crippen LogP contribution in [0.2, 0.25) is 5.15 Å². The maximum absolute atomic E-state index is 6.15. The zero-order chi connectivity index (χ0) is 12.5. The van der Waals surface area contributed by atoms with Crippen LogP contribution in [0.5, 0.6) is 0 Å². The molecule has 0 spiro atoms. The SMILES string of the molecule is CCC1CCCCN1c1cc(Cl)nc(C2CC2)n1. The molecule has 1 unspecified atom stereocenters. The molecule has 98 valence electrons. The molecule has 0 N–H and O–H groups in total. The summed E-state index contributed by atoms with van der Waals surface area (Å²) in [4.78, 5) is 11.6. The van der Waals surface area contributed by atoms with Gasteiger partial charge in [0, 0.05) is 24.6 Å². The Morgan fingerprint density at radius 3 is 2.83 bits per heavy atom. The molecule has 1 saturated carbocycles. The average Bonchev–Trinajstić information content (AvgIpc) is 3.22. The maximum Gasteiger partial charge on any atom is 0.135 e. The van der Waals surface area contributed by atoms with E-state index in [9.17, 15) is 0 Å². The summed E-state index contributed by atoms with van der Waals surface area (Å²) in [7, 11) is 0. The Morgan fingerprint density at radius 2 is 2.11 bits per heavy atom. The van der Waals surface area contributed by atoms with E-state index >= 15 is 0 Å². The number of hydrogen-bond donors (Lipinski definition) is 0. The second-order valence-corrected chi connectivity index (χ2v) is 5.82. The predicted octanol–water partition coefficient (Wildman–Crippen LogP) is 3.78. The molecule has 1 aromatic rings. The van der Waals surface area contributed by atoms with E-state index in [4.69, 9.17) is 16.6 Å². The molecule has 1 aromatic heterocycles. The number of halogens is 1. The van der Waals surface area contributed by atoms with Crippen molar-refractivity contribution in [2.24, 2.45) is 0 Å². The molecule has 2 heterocycles. The first-order chi connectivity index (χ1) is 8.78. The van der Waals surface area contributed by atoms with Gasteiger partial charge in [-0.05, 0) is 38.5 Å². The summed E-state index contributed by atoms with van der Waals surface area (Å²) < 4.78 is 0. The van der Waals surface area contributed by atoms with Crippen LogP contribution in [-0.4, -0.2) is 22.6 Å². The Labute approximate surface area is 114 Å². The first-order valence-corrected chi connectivity index (χ1v) is 7.47. The summed E-state index contributed by atoms with van der Waals surface area (Å²) in [5.41, 5.74) is 0. The van der Waals surface area contributed by atoms with E-state index in [1.807, 2.05) is 6.07 Å². The summed E-state index contributed by atoms with van der Waals surface area (Å²) in [6.07, 6.45) is 7.49. The fraction of sp³-hybridized carbons (Fsp3) is 0.714. The van der Waals surface area contributed by atoms with Crippen molar-refractivity contribution in [2.45, 2.75) is 57.4 Å². The lowest BCUT2D eigenvalue weighted by Crippen LogP contribution is -2.39. The minimum Gasteiger partial charge on any atom is -0.353 e. The van der Waals surface area contributed by atoms with Crippen molar-refractivity contribution in [3.8, 4) is 0 Å². The van der Waals surface area contributed by atoms with Crippen molar-refractivity contribution in [2.75, 3.05) is 11.4 Å². The average molecular weight is 266 g/mol. The lowest BCUT2D eigenvalue weighted by molar-refractivity contribution is 0.446. The molecule has 18 heavy (non-hydrogen) atoms. The molecular weight excluding hydrogens is 246 g/mol. The third-order valence-electron chi connectivity index (χ3n) is 4.03. The summed E-state index contributed by atoms with van der Waals surface area (Å²) in [6.45, 7) is 3.36. The van der Waals surface area contributed by atoms with E-state index in [2.05, 4.69) is 16.8 Å². The standard InChI is InChI=1S/C14H20ClN3/c1-2-11-5-3-4-8-18(11)13-9-12(15)16-14(17-13)10-6-7-10/h9-11H,2-8H2,1H3. The van der Waals surface area contributed by atoms with Crippen LogP contribution < -0.4 is 4.90 Å². The predicted molar refractivity (Wildman–Crippen MR) is 74.3 cm³/mol. The molecule has 1 aliphatic carbocycles. The maximum atomic E-state index is 6.15. The molecule has 2 fully saturated rings. The van der Waals surface area contributed by atoms with Gasteiger partial charge in [-0.15, -0.1) is 0 Å². The van der Waals surface area contributed by atoms with E-state index in [-0.39, 0.29) is 0 Å². The van der Waals surface area contributed by atoms with Gasteiger partial charge in [0.2, 0.25) is 0 Å². The molecular formula is C14H20ClN3. The van der Waals surface area contributed by atoms with Gasteiger partial charge >= 0.3 is 0 Å². The van der Waals surface area contributed by atoms with Gasteiger partial charge in [-0.1, -0.05) is 18.5 Å². The summed E-state index contributed by atoms with van der Waals surface area (Å²) >= 11 is 6.15. The van der Waals surface area contributed by atoms with Crippen LogP contribution in [0.3, 0.4) is 0 Å². The lowest BCUT2D eigenvalue weighted by Gasteiger charge is -2.36. The van der Waals surface area contributed by atoms with E-state index in [0.29, 0.717) is 17.1 Å². The van der Waals surface area contributed by atoms with Crippen molar-refractivity contribution in [3.05, 3.63) is 17.0 Å². The molecule has 3 rings (SSSR count). The Hall–Kier alpha value is -0.830. The fourth-order valence-corrected chi connectivity index (χ4v) is 3.00. The molecule has 1 aliphatic heterocycles. The third-order valence-corrected chi connectivity index (χ3v) is 4.23. The number of nitrogens with zero attached hydrogens (tertiary/aromatic N) is 3.